The second-order valence-electron chi connectivity index (χ2n) is 5.79. The molecule has 0 aliphatic rings. The summed E-state index contributed by atoms with van der Waals surface area (Å²) in [6.07, 6.45) is 0. The van der Waals surface area contributed by atoms with Crippen molar-refractivity contribution >= 4 is 0 Å². The molecule has 0 aliphatic heterocycles. The molecule has 1 heterocycles. The summed E-state index contributed by atoms with van der Waals surface area (Å²) in [5, 5.41) is 3.97. The predicted molar refractivity (Wildman–Crippen MR) is 86.0 cm³/mol. The van der Waals surface area contributed by atoms with Crippen LogP contribution < -0.4 is 0 Å². The smallest absolute Gasteiger partial charge is 0.241 e. The average Bonchev–Trinajstić information content (AvgIpc) is 2.99. The molecule has 0 saturated carbocycles. The van der Waals surface area contributed by atoms with E-state index in [1.807, 2.05) is 36.1 Å². The van der Waals surface area contributed by atoms with Crippen molar-refractivity contribution in [3.05, 3.63) is 71.1 Å². The highest BCUT2D eigenvalue weighted by molar-refractivity contribution is 5.54. The fraction of sp³-hybridized carbons (Fsp3) is 0.222. The van der Waals surface area contributed by atoms with Crippen molar-refractivity contribution in [1.82, 2.24) is 15.0 Å². The number of aryl methyl sites for hydroxylation is 1. The van der Waals surface area contributed by atoms with Crippen LogP contribution >= 0.6 is 0 Å². The molecule has 0 radical (unpaired) electrons. The van der Waals surface area contributed by atoms with E-state index in [-0.39, 0.29) is 0 Å². The number of hydrogen-bond donors (Lipinski definition) is 0. The van der Waals surface area contributed by atoms with E-state index in [0.29, 0.717) is 30.4 Å². The zero-order valence-electron chi connectivity index (χ0n) is 13.5. The van der Waals surface area contributed by atoms with Gasteiger partial charge in [0, 0.05) is 23.7 Å². The Bertz CT molecular complexity index is 831. The summed E-state index contributed by atoms with van der Waals surface area (Å²) >= 11 is 0. The van der Waals surface area contributed by atoms with Gasteiger partial charge in [-0.2, -0.15) is 4.98 Å². The van der Waals surface area contributed by atoms with Crippen molar-refractivity contribution in [2.24, 2.45) is 0 Å². The van der Waals surface area contributed by atoms with Gasteiger partial charge in [-0.05, 0) is 20.0 Å². The summed E-state index contributed by atoms with van der Waals surface area (Å²) in [6.45, 7) is 2.69. The lowest BCUT2D eigenvalue weighted by atomic mass is 10.1. The Morgan fingerprint density at radius 3 is 2.50 bits per heavy atom. The van der Waals surface area contributed by atoms with Gasteiger partial charge in [0.15, 0.2) is 0 Å². The third-order valence-electron chi connectivity index (χ3n) is 3.64. The van der Waals surface area contributed by atoms with E-state index in [1.165, 1.54) is 12.1 Å². The Balaban J connectivity index is 1.66. The van der Waals surface area contributed by atoms with Crippen LogP contribution in [0.4, 0.5) is 8.78 Å². The molecular weight excluding hydrogens is 312 g/mol. The Morgan fingerprint density at radius 1 is 1.04 bits per heavy atom. The largest absolute Gasteiger partial charge is 0.338 e. The first-order valence-electron chi connectivity index (χ1n) is 7.53. The molecule has 0 unspecified atom stereocenters. The zero-order chi connectivity index (χ0) is 17.1. The Morgan fingerprint density at radius 2 is 1.79 bits per heavy atom. The lowest BCUT2D eigenvalue weighted by Crippen LogP contribution is -2.18. The van der Waals surface area contributed by atoms with E-state index < -0.39 is 11.6 Å². The van der Waals surface area contributed by atoms with Gasteiger partial charge in [0.1, 0.15) is 11.6 Å². The van der Waals surface area contributed by atoms with Gasteiger partial charge in [-0.25, -0.2) is 8.78 Å². The molecule has 6 heteroatoms. The summed E-state index contributed by atoms with van der Waals surface area (Å²) in [6, 6.07) is 11.4. The van der Waals surface area contributed by atoms with E-state index in [9.17, 15) is 8.78 Å². The number of halogens is 2. The van der Waals surface area contributed by atoms with Crippen LogP contribution in [0.25, 0.3) is 11.4 Å². The second kappa shape index (κ2) is 6.88. The number of nitrogens with zero attached hydrogens (tertiary/aromatic N) is 3. The van der Waals surface area contributed by atoms with Gasteiger partial charge in [0.05, 0.1) is 6.54 Å². The predicted octanol–water partition coefficient (Wildman–Crippen LogP) is 3.96. The van der Waals surface area contributed by atoms with Crippen LogP contribution in [0.15, 0.2) is 47.0 Å². The SMILES string of the molecule is Cc1ccc(-c2noc(CN(C)Cc3ccc(F)cc3F)n2)cc1. The first-order valence-corrected chi connectivity index (χ1v) is 7.53. The molecule has 0 bridgehead atoms. The molecule has 0 fully saturated rings. The highest BCUT2D eigenvalue weighted by atomic mass is 19.1. The molecule has 1 aromatic heterocycles. The maximum absolute atomic E-state index is 13.7. The maximum Gasteiger partial charge on any atom is 0.241 e. The number of hydrogen-bond acceptors (Lipinski definition) is 4. The summed E-state index contributed by atoms with van der Waals surface area (Å²) in [4.78, 5) is 6.18. The summed E-state index contributed by atoms with van der Waals surface area (Å²) in [5.41, 5.74) is 2.45. The van der Waals surface area contributed by atoms with Gasteiger partial charge in [-0.3, -0.25) is 4.90 Å². The standard InChI is InChI=1S/C18H17F2N3O/c1-12-3-5-13(6-4-12)18-21-17(24-22-18)11-23(2)10-14-7-8-15(19)9-16(14)20/h3-9H,10-11H2,1-2H3. The van der Waals surface area contributed by atoms with Crippen molar-refractivity contribution in [2.45, 2.75) is 20.0 Å². The Hall–Kier alpha value is -2.60. The minimum Gasteiger partial charge on any atom is -0.338 e. The third kappa shape index (κ3) is 3.83. The highest BCUT2D eigenvalue weighted by Gasteiger charge is 2.12. The van der Waals surface area contributed by atoms with E-state index in [2.05, 4.69) is 10.1 Å². The fourth-order valence-corrected chi connectivity index (χ4v) is 2.37. The molecule has 3 rings (SSSR count). The van der Waals surface area contributed by atoms with E-state index in [1.54, 1.807) is 7.05 Å². The topological polar surface area (TPSA) is 42.2 Å². The zero-order valence-corrected chi connectivity index (χ0v) is 13.5. The van der Waals surface area contributed by atoms with Gasteiger partial charge in [0.2, 0.25) is 11.7 Å². The van der Waals surface area contributed by atoms with Gasteiger partial charge < -0.3 is 4.52 Å². The minimum atomic E-state index is -0.585. The van der Waals surface area contributed by atoms with Gasteiger partial charge >= 0.3 is 0 Å². The minimum absolute atomic E-state index is 0.314. The van der Waals surface area contributed by atoms with E-state index >= 15 is 0 Å². The molecule has 0 aliphatic carbocycles. The van der Waals surface area contributed by atoms with Crippen LogP contribution in [0, 0.1) is 18.6 Å². The van der Waals surface area contributed by atoms with Crippen molar-refractivity contribution in [1.29, 1.82) is 0 Å². The van der Waals surface area contributed by atoms with Crippen molar-refractivity contribution in [2.75, 3.05) is 7.05 Å². The molecule has 0 saturated heterocycles. The van der Waals surface area contributed by atoms with Gasteiger partial charge in [-0.15, -0.1) is 0 Å². The monoisotopic (exact) mass is 329 g/mol. The Labute approximate surface area is 138 Å². The summed E-state index contributed by atoms with van der Waals surface area (Å²) in [7, 11) is 1.80. The van der Waals surface area contributed by atoms with Crippen LogP contribution in [-0.4, -0.2) is 22.1 Å². The first kappa shape index (κ1) is 16.3. The highest BCUT2D eigenvalue weighted by Crippen LogP contribution is 2.17. The molecule has 0 spiro atoms. The van der Waals surface area contributed by atoms with Gasteiger partial charge in [-0.1, -0.05) is 41.1 Å². The summed E-state index contributed by atoms with van der Waals surface area (Å²) in [5.74, 6) is -0.187. The molecule has 2 aromatic carbocycles. The second-order valence-corrected chi connectivity index (χ2v) is 5.79. The molecule has 0 atom stereocenters. The number of rotatable bonds is 5. The molecule has 0 amide bonds. The fourth-order valence-electron chi connectivity index (χ4n) is 2.37. The quantitative estimate of drug-likeness (QED) is 0.711. The lowest BCUT2D eigenvalue weighted by Gasteiger charge is -2.14. The van der Waals surface area contributed by atoms with Crippen LogP contribution in [0.2, 0.25) is 0 Å². The molecular formula is C18H17F2N3O. The molecule has 0 N–H and O–H groups in total. The molecule has 3 aromatic rings. The van der Waals surface area contributed by atoms with Crippen molar-refractivity contribution < 1.29 is 13.3 Å². The van der Waals surface area contributed by atoms with Crippen molar-refractivity contribution in [3.63, 3.8) is 0 Å². The number of benzene rings is 2. The van der Waals surface area contributed by atoms with Crippen LogP contribution in [-0.2, 0) is 13.1 Å². The van der Waals surface area contributed by atoms with Crippen molar-refractivity contribution in [3.8, 4) is 11.4 Å². The Kier molecular flexibility index (Phi) is 4.66. The van der Waals surface area contributed by atoms with Gasteiger partial charge in [0.25, 0.3) is 0 Å². The molecule has 4 nitrogen and oxygen atoms in total. The first-order chi connectivity index (χ1) is 11.5. The molecule has 124 valence electrons. The average molecular weight is 329 g/mol. The van der Waals surface area contributed by atoms with Crippen LogP contribution in [0.1, 0.15) is 17.0 Å². The van der Waals surface area contributed by atoms with Crippen LogP contribution in [0.5, 0.6) is 0 Å². The normalized spacial score (nSPS) is 11.2. The van der Waals surface area contributed by atoms with E-state index in [4.69, 9.17) is 4.52 Å². The third-order valence-corrected chi connectivity index (χ3v) is 3.64. The number of aromatic nitrogens is 2. The maximum atomic E-state index is 13.7. The van der Waals surface area contributed by atoms with Crippen LogP contribution in [0.3, 0.4) is 0 Å². The lowest BCUT2D eigenvalue weighted by molar-refractivity contribution is 0.258. The summed E-state index contributed by atoms with van der Waals surface area (Å²) < 4.78 is 31.9. The molecule has 24 heavy (non-hydrogen) atoms. The van der Waals surface area contributed by atoms with E-state index in [0.717, 1.165) is 17.2 Å².